The molecule has 0 unspecified atom stereocenters. The van der Waals surface area contributed by atoms with E-state index in [0.29, 0.717) is 0 Å². The lowest BCUT2D eigenvalue weighted by Gasteiger charge is -2.21. The fourth-order valence-electron chi connectivity index (χ4n) is 1.79. The van der Waals surface area contributed by atoms with Crippen molar-refractivity contribution >= 4 is 5.71 Å². The molecule has 0 aromatic heterocycles. The van der Waals surface area contributed by atoms with Gasteiger partial charge in [0.05, 0.1) is 0 Å². The second-order valence-corrected chi connectivity index (χ2v) is 4.03. The van der Waals surface area contributed by atoms with Crippen LogP contribution in [-0.2, 0) is 0 Å². The van der Waals surface area contributed by atoms with Crippen LogP contribution in [0.3, 0.4) is 0 Å². The van der Waals surface area contributed by atoms with Crippen LogP contribution in [0.25, 0.3) is 0 Å². The number of allylic oxidation sites excluding steroid dienone is 3. The van der Waals surface area contributed by atoms with Crippen LogP contribution in [0, 0.1) is 0 Å². The predicted molar refractivity (Wildman–Crippen MR) is 63.4 cm³/mol. The van der Waals surface area contributed by atoms with Gasteiger partial charge < -0.3 is 0 Å². The van der Waals surface area contributed by atoms with Gasteiger partial charge in [0.2, 0.25) is 0 Å². The van der Waals surface area contributed by atoms with Gasteiger partial charge in [-0.2, -0.15) is 0 Å². The Morgan fingerprint density at radius 1 is 1.47 bits per heavy atom. The molecule has 0 atom stereocenters. The van der Waals surface area contributed by atoms with Crippen molar-refractivity contribution in [3.05, 3.63) is 35.6 Å². The van der Waals surface area contributed by atoms with Crippen molar-refractivity contribution in [3.8, 4) is 0 Å². The Kier molecular flexibility index (Phi) is 3.14. The van der Waals surface area contributed by atoms with E-state index >= 15 is 0 Å². The third kappa shape index (κ3) is 2.64. The topological polar surface area (TPSA) is 41.6 Å². The second kappa shape index (κ2) is 4.55. The number of hydrogen-bond acceptors (Lipinski definition) is 3. The second-order valence-electron chi connectivity index (χ2n) is 4.03. The molecule has 80 valence electrons. The monoisotopic (exact) mass is 203 g/mol. The molecule has 0 spiro atoms. The van der Waals surface area contributed by atoms with E-state index in [0.717, 1.165) is 25.9 Å². The molecule has 2 N–H and O–H groups in total. The van der Waals surface area contributed by atoms with Gasteiger partial charge in [-0.25, -0.2) is 5.01 Å². The molecule has 2 rings (SSSR count). The van der Waals surface area contributed by atoms with Crippen LogP contribution in [0.5, 0.6) is 0 Å². The Bertz CT molecular complexity index is 361. The maximum atomic E-state index is 5.70. The van der Waals surface area contributed by atoms with Gasteiger partial charge in [0.1, 0.15) is 0 Å². The number of aliphatic imine (C=N–C) groups is 1. The first-order valence-electron chi connectivity index (χ1n) is 5.35. The lowest BCUT2D eigenvalue weighted by atomic mass is 10.0. The maximum absolute atomic E-state index is 5.70. The number of rotatable bonds is 1. The van der Waals surface area contributed by atoms with Gasteiger partial charge in [-0.3, -0.25) is 10.8 Å². The largest absolute Gasteiger partial charge is 0.268 e. The lowest BCUT2D eigenvalue weighted by molar-refractivity contribution is 0.308. The molecule has 0 fully saturated rings. The molecular weight excluding hydrogens is 186 g/mol. The van der Waals surface area contributed by atoms with E-state index in [1.165, 1.54) is 16.9 Å². The molecule has 2 aliphatic heterocycles. The number of nitrogens with two attached hydrogens (primary N) is 1. The molecule has 2 heterocycles. The minimum absolute atomic E-state index is 0.834. The van der Waals surface area contributed by atoms with E-state index in [4.69, 9.17) is 5.84 Å². The van der Waals surface area contributed by atoms with E-state index in [-0.39, 0.29) is 0 Å². The summed E-state index contributed by atoms with van der Waals surface area (Å²) in [5, 5.41) is 1.83. The third-order valence-corrected chi connectivity index (χ3v) is 2.73. The first kappa shape index (κ1) is 10.3. The highest BCUT2D eigenvalue weighted by Gasteiger charge is 2.12. The molecule has 0 saturated heterocycles. The minimum Gasteiger partial charge on any atom is -0.268 e. The fourth-order valence-corrected chi connectivity index (χ4v) is 1.79. The highest BCUT2D eigenvalue weighted by molar-refractivity contribution is 6.01. The molecule has 0 saturated carbocycles. The zero-order valence-electron chi connectivity index (χ0n) is 9.11. The summed E-state index contributed by atoms with van der Waals surface area (Å²) in [5.74, 6) is 5.70. The summed E-state index contributed by atoms with van der Waals surface area (Å²) in [6, 6.07) is 0. The normalized spacial score (nSPS) is 22.9. The number of hydrazine groups is 1. The van der Waals surface area contributed by atoms with Gasteiger partial charge in [-0.15, -0.1) is 0 Å². The fraction of sp³-hybridized carbons (Fsp3) is 0.417. The van der Waals surface area contributed by atoms with Crippen LogP contribution in [0.1, 0.15) is 19.8 Å². The Hall–Kier alpha value is -1.19. The van der Waals surface area contributed by atoms with E-state index < -0.39 is 0 Å². The zero-order valence-corrected chi connectivity index (χ0v) is 9.11. The Balaban J connectivity index is 2.15. The van der Waals surface area contributed by atoms with Crippen molar-refractivity contribution in [3.63, 3.8) is 0 Å². The maximum Gasteiger partial charge on any atom is 0.0471 e. The minimum atomic E-state index is 0.834. The van der Waals surface area contributed by atoms with Gasteiger partial charge in [0.25, 0.3) is 0 Å². The molecule has 3 heteroatoms. The average Bonchev–Trinajstić information content (AvgIpc) is 2.44. The summed E-state index contributed by atoms with van der Waals surface area (Å²) in [5.41, 5.74) is 3.75. The Morgan fingerprint density at radius 2 is 2.33 bits per heavy atom. The first-order valence-corrected chi connectivity index (χ1v) is 5.35. The molecule has 0 aromatic rings. The molecule has 0 aliphatic carbocycles. The Morgan fingerprint density at radius 3 is 3.07 bits per heavy atom. The van der Waals surface area contributed by atoms with Crippen molar-refractivity contribution < 1.29 is 0 Å². The molecule has 0 amide bonds. The van der Waals surface area contributed by atoms with Crippen LogP contribution in [-0.4, -0.2) is 23.8 Å². The SMILES string of the molecule is CC1=CN=C(C2=CCN(N)CC2)CC=C1. The highest BCUT2D eigenvalue weighted by atomic mass is 15.4. The summed E-state index contributed by atoms with van der Waals surface area (Å²) >= 11 is 0. The predicted octanol–water partition coefficient (Wildman–Crippen LogP) is 1.80. The first-order chi connectivity index (χ1) is 7.25. The van der Waals surface area contributed by atoms with Crippen LogP contribution in [0.15, 0.2) is 40.6 Å². The molecule has 2 aliphatic rings. The molecule has 0 bridgehead atoms. The summed E-state index contributed by atoms with van der Waals surface area (Å²) in [6.07, 6.45) is 10.4. The smallest absolute Gasteiger partial charge is 0.0471 e. The number of nitrogens with zero attached hydrogens (tertiary/aromatic N) is 2. The average molecular weight is 203 g/mol. The third-order valence-electron chi connectivity index (χ3n) is 2.73. The van der Waals surface area contributed by atoms with E-state index in [1.807, 2.05) is 11.2 Å². The summed E-state index contributed by atoms with van der Waals surface area (Å²) in [4.78, 5) is 4.52. The van der Waals surface area contributed by atoms with Gasteiger partial charge in [0, 0.05) is 31.4 Å². The van der Waals surface area contributed by atoms with Gasteiger partial charge in [0.15, 0.2) is 0 Å². The molecule has 0 radical (unpaired) electrons. The van der Waals surface area contributed by atoms with Crippen molar-refractivity contribution in [2.75, 3.05) is 13.1 Å². The van der Waals surface area contributed by atoms with Gasteiger partial charge >= 0.3 is 0 Å². The molecule has 15 heavy (non-hydrogen) atoms. The van der Waals surface area contributed by atoms with Crippen LogP contribution >= 0.6 is 0 Å². The summed E-state index contributed by atoms with van der Waals surface area (Å²) in [6.45, 7) is 3.83. The summed E-state index contributed by atoms with van der Waals surface area (Å²) < 4.78 is 0. The number of hydrogen-bond donors (Lipinski definition) is 1. The summed E-state index contributed by atoms with van der Waals surface area (Å²) in [7, 11) is 0. The molecular formula is C12H17N3. The van der Waals surface area contributed by atoms with Crippen LogP contribution < -0.4 is 5.84 Å². The lowest BCUT2D eigenvalue weighted by Crippen LogP contribution is -2.35. The van der Waals surface area contributed by atoms with Crippen LogP contribution in [0.2, 0.25) is 0 Å². The van der Waals surface area contributed by atoms with E-state index in [9.17, 15) is 0 Å². The highest BCUT2D eigenvalue weighted by Crippen LogP contribution is 2.15. The van der Waals surface area contributed by atoms with Crippen molar-refractivity contribution in [2.24, 2.45) is 10.8 Å². The van der Waals surface area contributed by atoms with Crippen LogP contribution in [0.4, 0.5) is 0 Å². The standard InChI is InChI=1S/C12H17N3/c1-10-3-2-4-12(14-9-10)11-5-7-15(13)8-6-11/h2-3,5,9H,4,6-8,13H2,1H3. The van der Waals surface area contributed by atoms with Crippen molar-refractivity contribution in [1.82, 2.24) is 5.01 Å². The Labute approximate surface area is 90.6 Å². The van der Waals surface area contributed by atoms with Crippen molar-refractivity contribution in [1.29, 1.82) is 0 Å². The van der Waals surface area contributed by atoms with E-state index in [2.05, 4.69) is 30.1 Å². The van der Waals surface area contributed by atoms with Gasteiger partial charge in [-0.05, 0) is 24.5 Å². The quantitative estimate of drug-likeness (QED) is 0.660. The zero-order chi connectivity index (χ0) is 10.7. The molecule has 3 nitrogen and oxygen atoms in total. The molecule has 0 aromatic carbocycles. The van der Waals surface area contributed by atoms with E-state index in [1.54, 1.807) is 0 Å². The van der Waals surface area contributed by atoms with Gasteiger partial charge in [-0.1, -0.05) is 18.2 Å². The van der Waals surface area contributed by atoms with Crippen molar-refractivity contribution in [2.45, 2.75) is 19.8 Å².